The van der Waals surface area contributed by atoms with Gasteiger partial charge < -0.3 is 9.88 Å². The molecule has 0 saturated carbocycles. The summed E-state index contributed by atoms with van der Waals surface area (Å²) < 4.78 is 2.11. The summed E-state index contributed by atoms with van der Waals surface area (Å²) in [6.45, 7) is 3.85. The Labute approximate surface area is 155 Å². The number of hydrogen-bond donors (Lipinski definition) is 1. The van der Waals surface area contributed by atoms with Crippen LogP contribution in [0, 0.1) is 0 Å². The number of thiazole rings is 1. The van der Waals surface area contributed by atoms with Crippen LogP contribution in [-0.4, -0.2) is 39.1 Å². The van der Waals surface area contributed by atoms with Gasteiger partial charge in [-0.15, -0.1) is 35.1 Å². The predicted molar refractivity (Wildman–Crippen MR) is 102 cm³/mol. The van der Waals surface area contributed by atoms with Gasteiger partial charge in [0, 0.05) is 51.0 Å². The van der Waals surface area contributed by atoms with Gasteiger partial charge in [-0.1, -0.05) is 6.07 Å². The Bertz CT molecular complexity index is 767. The van der Waals surface area contributed by atoms with E-state index in [1.165, 1.54) is 4.88 Å². The molecule has 8 heteroatoms. The van der Waals surface area contributed by atoms with Crippen molar-refractivity contribution in [2.75, 3.05) is 19.6 Å². The molecular formula is C16H20ClN5S2. The first kappa shape index (κ1) is 17.6. The summed E-state index contributed by atoms with van der Waals surface area (Å²) in [4.78, 5) is 13.1. The third-order valence-electron chi connectivity index (χ3n) is 4.16. The number of nitrogens with zero attached hydrogens (tertiary/aromatic N) is 4. The average molecular weight is 382 g/mol. The summed E-state index contributed by atoms with van der Waals surface area (Å²) in [5, 5.41) is 8.89. The van der Waals surface area contributed by atoms with Crippen LogP contribution in [0.2, 0.25) is 0 Å². The molecule has 1 unspecified atom stereocenters. The SMILES string of the molecule is Cl.Cn1ccnc1C1CNCCN1Cc1csc(-c2cccs2)n1. The molecule has 1 fully saturated rings. The summed E-state index contributed by atoms with van der Waals surface area (Å²) in [7, 11) is 2.06. The third-order valence-corrected chi connectivity index (χ3v) is 6.09. The van der Waals surface area contributed by atoms with E-state index in [2.05, 4.69) is 49.7 Å². The van der Waals surface area contributed by atoms with Gasteiger partial charge in [0.05, 0.1) is 16.6 Å². The zero-order chi connectivity index (χ0) is 15.6. The maximum absolute atomic E-state index is 4.82. The molecule has 0 bridgehead atoms. The molecular weight excluding hydrogens is 362 g/mol. The molecule has 0 spiro atoms. The largest absolute Gasteiger partial charge is 0.337 e. The summed E-state index contributed by atoms with van der Waals surface area (Å²) in [6.07, 6.45) is 3.89. The van der Waals surface area contributed by atoms with E-state index in [0.29, 0.717) is 6.04 Å². The zero-order valence-corrected chi connectivity index (χ0v) is 15.8. The van der Waals surface area contributed by atoms with Gasteiger partial charge in [-0.2, -0.15) is 0 Å². The highest BCUT2D eigenvalue weighted by Gasteiger charge is 2.27. The number of imidazole rings is 1. The van der Waals surface area contributed by atoms with Crippen LogP contribution in [0.4, 0.5) is 0 Å². The summed E-state index contributed by atoms with van der Waals surface area (Å²) in [6, 6.07) is 4.51. The fourth-order valence-corrected chi connectivity index (χ4v) is 4.61. The van der Waals surface area contributed by atoms with E-state index in [0.717, 1.165) is 42.7 Å². The third kappa shape index (κ3) is 3.55. The molecule has 24 heavy (non-hydrogen) atoms. The molecule has 1 atom stereocenters. The van der Waals surface area contributed by atoms with Crippen molar-refractivity contribution in [1.29, 1.82) is 0 Å². The Morgan fingerprint density at radius 3 is 3.04 bits per heavy atom. The molecule has 4 rings (SSSR count). The minimum absolute atomic E-state index is 0. The minimum Gasteiger partial charge on any atom is -0.337 e. The number of piperazine rings is 1. The minimum atomic E-state index is 0. The molecule has 5 nitrogen and oxygen atoms in total. The lowest BCUT2D eigenvalue weighted by Gasteiger charge is -2.35. The van der Waals surface area contributed by atoms with Crippen LogP contribution >= 0.6 is 35.1 Å². The maximum atomic E-state index is 4.82. The number of halogens is 1. The van der Waals surface area contributed by atoms with Gasteiger partial charge in [0.2, 0.25) is 0 Å². The fourth-order valence-electron chi connectivity index (χ4n) is 2.99. The highest BCUT2D eigenvalue weighted by Crippen LogP contribution is 2.29. The van der Waals surface area contributed by atoms with Crippen molar-refractivity contribution in [3.8, 4) is 9.88 Å². The van der Waals surface area contributed by atoms with E-state index in [4.69, 9.17) is 4.98 Å². The van der Waals surface area contributed by atoms with Crippen LogP contribution in [0.3, 0.4) is 0 Å². The molecule has 1 aliphatic rings. The van der Waals surface area contributed by atoms with E-state index in [9.17, 15) is 0 Å². The zero-order valence-electron chi connectivity index (χ0n) is 13.4. The molecule has 0 radical (unpaired) electrons. The molecule has 0 aliphatic carbocycles. The van der Waals surface area contributed by atoms with Crippen molar-refractivity contribution >= 4 is 35.1 Å². The second kappa shape index (κ2) is 7.76. The van der Waals surface area contributed by atoms with Crippen LogP contribution in [-0.2, 0) is 13.6 Å². The number of rotatable bonds is 4. The molecule has 1 aliphatic heterocycles. The highest BCUT2D eigenvalue weighted by atomic mass is 35.5. The first-order valence-electron chi connectivity index (χ1n) is 7.71. The Morgan fingerprint density at radius 1 is 1.38 bits per heavy atom. The highest BCUT2D eigenvalue weighted by molar-refractivity contribution is 7.20. The van der Waals surface area contributed by atoms with Crippen molar-refractivity contribution in [3.05, 3.63) is 46.8 Å². The second-order valence-corrected chi connectivity index (χ2v) is 7.51. The lowest BCUT2D eigenvalue weighted by molar-refractivity contribution is 0.143. The van der Waals surface area contributed by atoms with Crippen LogP contribution in [0.1, 0.15) is 17.6 Å². The Hall–Kier alpha value is -1.25. The van der Waals surface area contributed by atoms with Crippen LogP contribution < -0.4 is 5.32 Å². The van der Waals surface area contributed by atoms with E-state index in [-0.39, 0.29) is 12.4 Å². The van der Waals surface area contributed by atoms with E-state index in [1.807, 2.05) is 12.4 Å². The number of hydrogen-bond acceptors (Lipinski definition) is 6. The predicted octanol–water partition coefficient (Wildman–Crippen LogP) is 3.17. The lowest BCUT2D eigenvalue weighted by atomic mass is 10.1. The molecule has 3 aromatic heterocycles. The summed E-state index contributed by atoms with van der Waals surface area (Å²) in [5.74, 6) is 1.12. The molecule has 0 amide bonds. The number of aryl methyl sites for hydroxylation is 1. The van der Waals surface area contributed by atoms with Gasteiger partial charge in [0.25, 0.3) is 0 Å². The van der Waals surface area contributed by atoms with Crippen molar-refractivity contribution in [2.45, 2.75) is 12.6 Å². The van der Waals surface area contributed by atoms with Gasteiger partial charge in [-0.3, -0.25) is 4.90 Å². The maximum Gasteiger partial charge on any atom is 0.133 e. The summed E-state index contributed by atoms with van der Waals surface area (Å²) in [5.41, 5.74) is 1.15. The van der Waals surface area contributed by atoms with Gasteiger partial charge >= 0.3 is 0 Å². The Balaban J connectivity index is 0.00000169. The number of aromatic nitrogens is 3. The Morgan fingerprint density at radius 2 is 2.29 bits per heavy atom. The molecule has 4 heterocycles. The molecule has 1 saturated heterocycles. The standard InChI is InChI=1S/C16H19N5S2.ClH/c1-20-6-5-18-15(20)13-9-17-4-7-21(13)10-12-11-23-16(19-12)14-3-2-8-22-14;/h2-3,5-6,8,11,13,17H,4,7,9-10H2,1H3;1H. The molecule has 3 aromatic rings. The van der Waals surface area contributed by atoms with Crippen molar-refractivity contribution in [3.63, 3.8) is 0 Å². The normalized spacial score (nSPS) is 18.5. The van der Waals surface area contributed by atoms with Gasteiger partial charge in [0.1, 0.15) is 10.8 Å². The van der Waals surface area contributed by atoms with Crippen LogP contribution in [0.5, 0.6) is 0 Å². The van der Waals surface area contributed by atoms with E-state index < -0.39 is 0 Å². The quantitative estimate of drug-likeness (QED) is 0.754. The van der Waals surface area contributed by atoms with Gasteiger partial charge in [-0.25, -0.2) is 9.97 Å². The van der Waals surface area contributed by atoms with Crippen LogP contribution in [0.15, 0.2) is 35.3 Å². The van der Waals surface area contributed by atoms with Crippen molar-refractivity contribution < 1.29 is 0 Å². The molecule has 0 aromatic carbocycles. The second-order valence-electron chi connectivity index (χ2n) is 5.71. The average Bonchev–Trinajstić information content (AvgIpc) is 3.29. The lowest BCUT2D eigenvalue weighted by Crippen LogP contribution is -2.46. The van der Waals surface area contributed by atoms with E-state index >= 15 is 0 Å². The number of nitrogens with one attached hydrogen (secondary N) is 1. The summed E-state index contributed by atoms with van der Waals surface area (Å²) >= 11 is 3.48. The smallest absolute Gasteiger partial charge is 0.133 e. The fraction of sp³-hybridized carbons (Fsp3) is 0.375. The number of thiophene rings is 1. The van der Waals surface area contributed by atoms with E-state index in [1.54, 1.807) is 22.7 Å². The molecule has 128 valence electrons. The first-order chi connectivity index (χ1) is 11.3. The van der Waals surface area contributed by atoms with Crippen molar-refractivity contribution in [1.82, 2.24) is 24.8 Å². The monoisotopic (exact) mass is 381 g/mol. The molecule has 1 N–H and O–H groups in total. The first-order valence-corrected chi connectivity index (χ1v) is 9.47. The van der Waals surface area contributed by atoms with Crippen molar-refractivity contribution in [2.24, 2.45) is 7.05 Å². The van der Waals surface area contributed by atoms with Gasteiger partial charge in [0.15, 0.2) is 0 Å². The topological polar surface area (TPSA) is 46.0 Å². The van der Waals surface area contributed by atoms with Gasteiger partial charge in [-0.05, 0) is 11.4 Å². The Kier molecular flexibility index (Phi) is 5.68. The van der Waals surface area contributed by atoms with Crippen LogP contribution in [0.25, 0.3) is 9.88 Å².